The summed E-state index contributed by atoms with van der Waals surface area (Å²) in [4.78, 5) is 0. The summed E-state index contributed by atoms with van der Waals surface area (Å²) in [5.41, 5.74) is 2.25. The number of hydrogen-bond acceptors (Lipinski definition) is 1. The van der Waals surface area contributed by atoms with E-state index in [0.29, 0.717) is 6.04 Å². The van der Waals surface area contributed by atoms with Crippen LogP contribution < -0.4 is 5.32 Å². The fourth-order valence-corrected chi connectivity index (χ4v) is 2.59. The lowest BCUT2D eigenvalue weighted by Gasteiger charge is -2.15. The molecule has 0 fully saturated rings. The largest absolute Gasteiger partial charge is 0.310 e. The maximum atomic E-state index is 12.8. The Hall–Kier alpha value is -0.900. The van der Waals surface area contributed by atoms with E-state index in [9.17, 15) is 4.39 Å². The summed E-state index contributed by atoms with van der Waals surface area (Å²) in [6, 6.07) is 12.7. The molecule has 0 amide bonds. The maximum absolute atomic E-state index is 12.8. The third-order valence-corrected chi connectivity index (χ3v) is 4.11. The maximum Gasteiger partial charge on any atom is 0.123 e. The Labute approximate surface area is 132 Å². The average molecular weight is 357 g/mol. The van der Waals surface area contributed by atoms with Crippen LogP contribution in [0.1, 0.15) is 18.1 Å². The fourth-order valence-electron chi connectivity index (χ4n) is 2.01. The van der Waals surface area contributed by atoms with Crippen molar-refractivity contribution in [3.8, 4) is 0 Å². The molecule has 0 bridgehead atoms. The first kappa shape index (κ1) is 15.5. The molecule has 0 saturated carbocycles. The number of halogens is 3. The standard InChI is InChI=1S/C16H16BrClFN/c1-11(8-12-2-5-15(19)6-3-12)20-10-13-9-14(18)4-7-16(13)17/h2-7,9,11,20H,8,10H2,1H3. The van der Waals surface area contributed by atoms with Crippen LogP contribution in [-0.4, -0.2) is 6.04 Å². The van der Waals surface area contributed by atoms with E-state index in [1.54, 1.807) is 0 Å². The molecular formula is C16H16BrClFN. The molecule has 0 spiro atoms. The minimum absolute atomic E-state index is 0.197. The zero-order valence-corrected chi connectivity index (χ0v) is 13.5. The minimum atomic E-state index is -0.197. The molecule has 20 heavy (non-hydrogen) atoms. The quantitative estimate of drug-likeness (QED) is 0.798. The lowest BCUT2D eigenvalue weighted by atomic mass is 10.1. The summed E-state index contributed by atoms with van der Waals surface area (Å²) < 4.78 is 13.9. The number of benzene rings is 2. The smallest absolute Gasteiger partial charge is 0.123 e. The Morgan fingerprint density at radius 1 is 1.20 bits per heavy atom. The highest BCUT2D eigenvalue weighted by molar-refractivity contribution is 9.10. The van der Waals surface area contributed by atoms with Gasteiger partial charge in [-0.1, -0.05) is 39.7 Å². The lowest BCUT2D eigenvalue weighted by Crippen LogP contribution is -2.27. The first-order valence-electron chi connectivity index (χ1n) is 6.46. The van der Waals surface area contributed by atoms with Crippen molar-refractivity contribution in [3.05, 3.63) is 68.9 Å². The third kappa shape index (κ3) is 4.58. The Balaban J connectivity index is 1.90. The molecule has 0 aromatic heterocycles. The van der Waals surface area contributed by atoms with Crippen LogP contribution in [-0.2, 0) is 13.0 Å². The van der Waals surface area contributed by atoms with Gasteiger partial charge < -0.3 is 5.32 Å². The van der Waals surface area contributed by atoms with Gasteiger partial charge in [-0.15, -0.1) is 0 Å². The van der Waals surface area contributed by atoms with Crippen molar-refractivity contribution in [3.63, 3.8) is 0 Å². The van der Waals surface area contributed by atoms with Gasteiger partial charge in [-0.2, -0.15) is 0 Å². The van der Waals surface area contributed by atoms with Crippen LogP contribution in [0.4, 0.5) is 4.39 Å². The predicted octanol–water partition coefficient (Wildman–Crippen LogP) is 4.96. The summed E-state index contributed by atoms with van der Waals surface area (Å²) >= 11 is 9.51. The van der Waals surface area contributed by atoms with E-state index in [2.05, 4.69) is 28.2 Å². The molecule has 2 aromatic carbocycles. The summed E-state index contributed by atoms with van der Waals surface area (Å²) in [7, 11) is 0. The van der Waals surface area contributed by atoms with Crippen molar-refractivity contribution in [1.82, 2.24) is 5.32 Å². The van der Waals surface area contributed by atoms with Gasteiger partial charge in [0.05, 0.1) is 0 Å². The van der Waals surface area contributed by atoms with E-state index in [4.69, 9.17) is 11.6 Å². The van der Waals surface area contributed by atoms with Gasteiger partial charge in [-0.3, -0.25) is 0 Å². The molecule has 1 unspecified atom stereocenters. The van der Waals surface area contributed by atoms with Crippen molar-refractivity contribution < 1.29 is 4.39 Å². The second-order valence-corrected chi connectivity index (χ2v) is 6.14. The van der Waals surface area contributed by atoms with Gasteiger partial charge in [-0.05, 0) is 54.8 Å². The summed E-state index contributed by atoms with van der Waals surface area (Å²) in [6.45, 7) is 2.85. The molecule has 0 radical (unpaired) electrons. The molecule has 106 valence electrons. The molecule has 2 rings (SSSR count). The van der Waals surface area contributed by atoms with Crippen LogP contribution in [0.15, 0.2) is 46.9 Å². The summed E-state index contributed by atoms with van der Waals surface area (Å²) in [5.74, 6) is -0.197. The van der Waals surface area contributed by atoms with Gasteiger partial charge in [-0.25, -0.2) is 4.39 Å². The highest BCUT2D eigenvalue weighted by atomic mass is 79.9. The Morgan fingerprint density at radius 3 is 2.60 bits per heavy atom. The first-order chi connectivity index (χ1) is 9.54. The van der Waals surface area contributed by atoms with E-state index in [1.165, 1.54) is 12.1 Å². The van der Waals surface area contributed by atoms with Crippen LogP contribution >= 0.6 is 27.5 Å². The molecule has 0 heterocycles. The van der Waals surface area contributed by atoms with Gasteiger partial charge in [0.1, 0.15) is 5.82 Å². The van der Waals surface area contributed by atoms with E-state index >= 15 is 0 Å². The topological polar surface area (TPSA) is 12.0 Å². The van der Waals surface area contributed by atoms with E-state index < -0.39 is 0 Å². The van der Waals surface area contributed by atoms with Crippen molar-refractivity contribution >= 4 is 27.5 Å². The molecule has 1 atom stereocenters. The third-order valence-electron chi connectivity index (χ3n) is 3.10. The number of nitrogens with one attached hydrogen (secondary N) is 1. The molecule has 2 aromatic rings. The summed E-state index contributed by atoms with van der Waals surface area (Å²) in [5, 5.41) is 4.18. The van der Waals surface area contributed by atoms with Gasteiger partial charge in [0.2, 0.25) is 0 Å². The predicted molar refractivity (Wildman–Crippen MR) is 85.6 cm³/mol. The van der Waals surface area contributed by atoms with Crippen molar-refractivity contribution in [1.29, 1.82) is 0 Å². The Bertz CT molecular complexity index is 571. The number of hydrogen-bond donors (Lipinski definition) is 1. The lowest BCUT2D eigenvalue weighted by molar-refractivity contribution is 0.544. The highest BCUT2D eigenvalue weighted by Gasteiger charge is 2.06. The minimum Gasteiger partial charge on any atom is -0.310 e. The average Bonchev–Trinajstić information content (AvgIpc) is 2.42. The molecular weight excluding hydrogens is 341 g/mol. The van der Waals surface area contributed by atoms with E-state index in [1.807, 2.05) is 30.3 Å². The monoisotopic (exact) mass is 355 g/mol. The van der Waals surface area contributed by atoms with E-state index in [0.717, 1.165) is 33.6 Å². The second-order valence-electron chi connectivity index (χ2n) is 4.85. The van der Waals surface area contributed by atoms with Gasteiger partial charge >= 0.3 is 0 Å². The second kappa shape index (κ2) is 7.21. The summed E-state index contributed by atoms with van der Waals surface area (Å²) in [6.07, 6.45) is 0.860. The van der Waals surface area contributed by atoms with Crippen LogP contribution in [0.3, 0.4) is 0 Å². The zero-order chi connectivity index (χ0) is 14.5. The van der Waals surface area contributed by atoms with E-state index in [-0.39, 0.29) is 5.82 Å². The first-order valence-corrected chi connectivity index (χ1v) is 7.63. The van der Waals surface area contributed by atoms with Crippen molar-refractivity contribution in [2.24, 2.45) is 0 Å². The van der Waals surface area contributed by atoms with Crippen molar-refractivity contribution in [2.75, 3.05) is 0 Å². The SMILES string of the molecule is CC(Cc1ccc(F)cc1)NCc1cc(Cl)ccc1Br. The van der Waals surface area contributed by atoms with Crippen LogP contribution in [0.5, 0.6) is 0 Å². The molecule has 1 nitrogen and oxygen atoms in total. The van der Waals surface area contributed by atoms with Gasteiger partial charge in [0, 0.05) is 22.1 Å². The fraction of sp³-hybridized carbons (Fsp3) is 0.250. The Morgan fingerprint density at radius 2 is 1.90 bits per heavy atom. The molecule has 0 aliphatic carbocycles. The van der Waals surface area contributed by atoms with Crippen molar-refractivity contribution in [2.45, 2.75) is 25.9 Å². The molecule has 1 N–H and O–H groups in total. The molecule has 0 aliphatic heterocycles. The van der Waals surface area contributed by atoms with Crippen LogP contribution in [0, 0.1) is 5.82 Å². The normalized spacial score (nSPS) is 12.4. The molecule has 0 saturated heterocycles. The zero-order valence-electron chi connectivity index (χ0n) is 11.2. The molecule has 4 heteroatoms. The van der Waals surface area contributed by atoms with Gasteiger partial charge in [0.15, 0.2) is 0 Å². The molecule has 0 aliphatic rings. The highest BCUT2D eigenvalue weighted by Crippen LogP contribution is 2.21. The number of rotatable bonds is 5. The Kier molecular flexibility index (Phi) is 5.58. The van der Waals surface area contributed by atoms with Crippen LogP contribution in [0.25, 0.3) is 0 Å². The van der Waals surface area contributed by atoms with Gasteiger partial charge in [0.25, 0.3) is 0 Å². The van der Waals surface area contributed by atoms with Crippen LogP contribution in [0.2, 0.25) is 5.02 Å².